The number of anilines is 1. The van der Waals surface area contributed by atoms with Crippen molar-refractivity contribution in [1.82, 2.24) is 9.97 Å². The zero-order valence-electron chi connectivity index (χ0n) is 17.2. The number of fused-ring (bicyclic) bond motifs is 1. The van der Waals surface area contributed by atoms with Crippen molar-refractivity contribution in [2.24, 2.45) is 0 Å². The Morgan fingerprint density at radius 1 is 1.26 bits per heavy atom. The number of benzene rings is 1. The van der Waals surface area contributed by atoms with Crippen LogP contribution in [-0.2, 0) is 5.75 Å². The second-order valence-electron chi connectivity index (χ2n) is 7.17. The molecule has 0 saturated carbocycles. The quantitative estimate of drug-likeness (QED) is 0.270. The fourth-order valence-electron chi connectivity index (χ4n) is 3.27. The smallest absolute Gasteiger partial charge is 0.266 e. The molecule has 3 aromatic heterocycles. The van der Waals surface area contributed by atoms with E-state index in [1.54, 1.807) is 25.1 Å². The molecule has 0 fully saturated rings. The van der Waals surface area contributed by atoms with Crippen LogP contribution >= 0.6 is 23.1 Å². The van der Waals surface area contributed by atoms with Gasteiger partial charge in [0.1, 0.15) is 10.7 Å². The van der Waals surface area contributed by atoms with E-state index in [-0.39, 0.29) is 11.5 Å². The van der Waals surface area contributed by atoms with Crippen LogP contribution in [0.15, 0.2) is 52.4 Å². The molecule has 0 aliphatic heterocycles. The minimum absolute atomic E-state index is 0.264. The highest BCUT2D eigenvalue weighted by Gasteiger charge is 2.20. The van der Waals surface area contributed by atoms with Crippen molar-refractivity contribution in [3.8, 4) is 0 Å². The summed E-state index contributed by atoms with van der Waals surface area (Å²) in [5.41, 5.74) is 3.14. The number of H-pyrrole nitrogens is 1. The Hall–Kier alpha value is -3.17. The van der Waals surface area contributed by atoms with Gasteiger partial charge < -0.3 is 15.5 Å². The number of rotatable bonds is 5. The Morgan fingerprint density at radius 3 is 2.81 bits per heavy atom. The van der Waals surface area contributed by atoms with Crippen molar-refractivity contribution in [3.05, 3.63) is 85.5 Å². The zero-order chi connectivity index (χ0) is 22.1. The average Bonchev–Trinajstić information content (AvgIpc) is 3.06. The first-order valence-corrected chi connectivity index (χ1v) is 11.4. The summed E-state index contributed by atoms with van der Waals surface area (Å²) in [6, 6.07) is 11.0. The molecule has 0 spiro atoms. The van der Waals surface area contributed by atoms with E-state index in [9.17, 15) is 14.8 Å². The molecule has 1 amide bonds. The summed E-state index contributed by atoms with van der Waals surface area (Å²) >= 11 is 2.48. The SMILES string of the molecule is Cc1ccc(NC(=O)c2sc3nc(CSc4cccc[n+]4[O-])[nH]c(=O)c3c2C)c(C)c1. The normalized spacial score (nSPS) is 11.1. The number of aryl methyl sites for hydroxylation is 3. The molecule has 0 aliphatic rings. The summed E-state index contributed by atoms with van der Waals surface area (Å²) in [5.74, 6) is 0.520. The lowest BCUT2D eigenvalue weighted by Crippen LogP contribution is -2.27. The molecule has 2 N–H and O–H groups in total. The lowest BCUT2D eigenvalue weighted by Gasteiger charge is -2.08. The molecule has 31 heavy (non-hydrogen) atoms. The van der Waals surface area contributed by atoms with Gasteiger partial charge in [-0.15, -0.1) is 11.3 Å². The van der Waals surface area contributed by atoms with E-state index in [0.717, 1.165) is 21.5 Å². The number of carbonyl (C=O) groups excluding carboxylic acids is 1. The fourth-order valence-corrected chi connectivity index (χ4v) is 5.15. The fraction of sp³-hybridized carbons (Fsp3) is 0.182. The van der Waals surface area contributed by atoms with Gasteiger partial charge in [0.05, 0.1) is 16.0 Å². The first-order valence-electron chi connectivity index (χ1n) is 9.55. The highest BCUT2D eigenvalue weighted by molar-refractivity contribution is 7.98. The predicted molar refractivity (Wildman–Crippen MR) is 124 cm³/mol. The molecular weight excluding hydrogens is 432 g/mol. The van der Waals surface area contributed by atoms with Gasteiger partial charge in [-0.3, -0.25) is 9.59 Å². The molecule has 0 aliphatic carbocycles. The molecule has 4 rings (SSSR count). The monoisotopic (exact) mass is 452 g/mol. The standard InChI is InChI=1S/C22H20N4O3S2/c1-12-7-8-15(13(2)10-12)23-21(28)19-14(3)18-20(27)24-16(25-22(18)31-19)11-30-17-6-4-5-9-26(17)29/h4-10H,11H2,1-3H3,(H,23,28)(H,24,25,27). The molecular formula is C22H20N4O3S2. The van der Waals surface area contributed by atoms with Crippen molar-refractivity contribution < 1.29 is 9.52 Å². The first kappa shape index (κ1) is 21.1. The van der Waals surface area contributed by atoms with Crippen molar-refractivity contribution in [2.45, 2.75) is 31.6 Å². The number of nitrogens with one attached hydrogen (secondary N) is 2. The van der Waals surface area contributed by atoms with Crippen LogP contribution in [0.3, 0.4) is 0 Å². The largest absolute Gasteiger partial charge is 0.618 e. The molecule has 0 atom stereocenters. The number of aromatic nitrogens is 3. The van der Waals surface area contributed by atoms with Crippen LogP contribution in [0, 0.1) is 26.0 Å². The van der Waals surface area contributed by atoms with Crippen molar-refractivity contribution in [1.29, 1.82) is 0 Å². The summed E-state index contributed by atoms with van der Waals surface area (Å²) < 4.78 is 0.770. The number of aromatic amines is 1. The summed E-state index contributed by atoms with van der Waals surface area (Å²) in [6.45, 7) is 5.69. The first-order chi connectivity index (χ1) is 14.8. The molecule has 1 aromatic carbocycles. The second-order valence-corrected chi connectivity index (χ2v) is 9.17. The molecule has 0 unspecified atom stereocenters. The minimum Gasteiger partial charge on any atom is -0.618 e. The number of thiophene rings is 1. The van der Waals surface area contributed by atoms with Crippen LogP contribution in [0.2, 0.25) is 0 Å². The van der Waals surface area contributed by atoms with Gasteiger partial charge in [0, 0.05) is 17.8 Å². The van der Waals surface area contributed by atoms with Crippen molar-refractivity contribution >= 4 is 44.9 Å². The summed E-state index contributed by atoms with van der Waals surface area (Å²) in [4.78, 5) is 33.9. The summed E-state index contributed by atoms with van der Waals surface area (Å²) in [6.07, 6.45) is 1.42. The van der Waals surface area contributed by atoms with E-state index in [1.807, 2.05) is 32.0 Å². The van der Waals surface area contributed by atoms with E-state index in [0.29, 0.717) is 37.3 Å². The lowest BCUT2D eigenvalue weighted by molar-refractivity contribution is -0.645. The van der Waals surface area contributed by atoms with Crippen LogP contribution in [0.25, 0.3) is 10.2 Å². The van der Waals surface area contributed by atoms with Crippen LogP contribution < -0.4 is 15.6 Å². The maximum atomic E-state index is 12.9. The van der Waals surface area contributed by atoms with Gasteiger partial charge in [0.25, 0.3) is 16.5 Å². The highest BCUT2D eigenvalue weighted by atomic mass is 32.2. The van der Waals surface area contributed by atoms with Crippen LogP contribution in [0.5, 0.6) is 0 Å². The van der Waals surface area contributed by atoms with Crippen molar-refractivity contribution in [2.75, 3.05) is 5.32 Å². The molecule has 9 heteroatoms. The molecule has 4 aromatic rings. The number of carbonyl (C=O) groups is 1. The van der Waals surface area contributed by atoms with Gasteiger partial charge >= 0.3 is 0 Å². The third-order valence-electron chi connectivity index (χ3n) is 4.83. The predicted octanol–water partition coefficient (Wildman–Crippen LogP) is 4.09. The summed E-state index contributed by atoms with van der Waals surface area (Å²) in [7, 11) is 0. The second kappa shape index (κ2) is 8.52. The van der Waals surface area contributed by atoms with E-state index >= 15 is 0 Å². The Labute approximate surface area is 186 Å². The van der Waals surface area contributed by atoms with Crippen LogP contribution in [-0.4, -0.2) is 15.9 Å². The van der Waals surface area contributed by atoms with Crippen molar-refractivity contribution in [3.63, 3.8) is 0 Å². The lowest BCUT2D eigenvalue weighted by atomic mass is 10.1. The van der Waals surface area contributed by atoms with Gasteiger partial charge in [0.2, 0.25) is 0 Å². The Balaban J connectivity index is 1.62. The van der Waals surface area contributed by atoms with Crippen LogP contribution in [0.1, 0.15) is 32.2 Å². The molecule has 7 nitrogen and oxygen atoms in total. The maximum Gasteiger partial charge on any atom is 0.266 e. The maximum absolute atomic E-state index is 12.9. The number of nitrogens with zero attached hydrogens (tertiary/aromatic N) is 2. The van der Waals surface area contributed by atoms with E-state index < -0.39 is 0 Å². The highest BCUT2D eigenvalue weighted by Crippen LogP contribution is 2.29. The Bertz CT molecular complexity index is 1360. The number of amides is 1. The molecule has 0 bridgehead atoms. The number of thioether (sulfide) groups is 1. The van der Waals surface area contributed by atoms with E-state index in [2.05, 4.69) is 15.3 Å². The molecule has 3 heterocycles. The third-order valence-corrected chi connectivity index (χ3v) is 7.05. The minimum atomic E-state index is -0.289. The number of pyridine rings is 1. The van der Waals surface area contributed by atoms with Gasteiger partial charge in [-0.1, -0.05) is 17.7 Å². The Morgan fingerprint density at radius 2 is 2.06 bits per heavy atom. The Kier molecular flexibility index (Phi) is 5.79. The molecule has 0 saturated heterocycles. The number of hydrogen-bond donors (Lipinski definition) is 2. The van der Waals surface area contributed by atoms with E-state index in [1.165, 1.54) is 29.3 Å². The topological polar surface area (TPSA) is 102 Å². The van der Waals surface area contributed by atoms with Gasteiger partial charge in [0.15, 0.2) is 6.20 Å². The van der Waals surface area contributed by atoms with Crippen LogP contribution in [0.4, 0.5) is 5.69 Å². The number of hydrogen-bond acceptors (Lipinski definition) is 6. The van der Waals surface area contributed by atoms with Gasteiger partial charge in [-0.2, -0.15) is 4.73 Å². The average molecular weight is 453 g/mol. The molecule has 0 radical (unpaired) electrons. The van der Waals surface area contributed by atoms with Gasteiger partial charge in [-0.05, 0) is 55.8 Å². The zero-order valence-corrected chi connectivity index (χ0v) is 18.8. The molecule has 158 valence electrons. The summed E-state index contributed by atoms with van der Waals surface area (Å²) in [5, 5.41) is 15.7. The van der Waals surface area contributed by atoms with E-state index in [4.69, 9.17) is 0 Å². The van der Waals surface area contributed by atoms with Gasteiger partial charge in [-0.25, -0.2) is 4.98 Å². The third kappa shape index (κ3) is 4.33.